The molecule has 0 aromatic heterocycles. The summed E-state index contributed by atoms with van der Waals surface area (Å²) in [5.74, 6) is 0.0460. The second kappa shape index (κ2) is 51.0. The fraction of sp³-hybridized carbons (Fsp3) is 0.745. The molecule has 1 aliphatic carbocycles. The minimum atomic E-state index is -0.474. The van der Waals surface area contributed by atoms with Crippen LogP contribution in [-0.2, 0) is 4.79 Å². The summed E-state index contributed by atoms with van der Waals surface area (Å²) in [6.45, 7) is 9.24. The van der Waals surface area contributed by atoms with E-state index < -0.39 is 5.66 Å². The van der Waals surface area contributed by atoms with Crippen LogP contribution in [0.1, 0.15) is 444 Å². The number of ketones is 1. The average Bonchev–Trinajstić information content (AvgIpc) is 0.714. The summed E-state index contributed by atoms with van der Waals surface area (Å²) >= 11 is 0. The molecule has 4 aromatic carbocycles. The third-order valence-electron chi connectivity index (χ3n) is 23.8. The first-order valence-electron chi connectivity index (χ1n) is 44.4. The van der Waals surface area contributed by atoms with Gasteiger partial charge in [-0.05, 0) is 74.3 Å². The van der Waals surface area contributed by atoms with Crippen LogP contribution in [-0.4, -0.2) is 22.2 Å². The Bertz CT molecular complexity index is 2920. The van der Waals surface area contributed by atoms with E-state index in [-0.39, 0.29) is 17.2 Å². The summed E-state index contributed by atoms with van der Waals surface area (Å²) in [6, 6.07) is 21.8. The number of rotatable bonds is 65. The molecule has 0 fully saturated rings. The van der Waals surface area contributed by atoms with Crippen LogP contribution in [0.4, 0.5) is 17.1 Å². The molecule has 2 aliphatic heterocycles. The Labute approximate surface area is 615 Å². The SMILES string of the molecule is CCCCCCCCCCCCCCCCCC1(CCCCCCCCCCCCCCCCC)N=c2/c(=C3\C(=O)C(c4ccc5cccc6c5c4NC(CCCCCCCCCCCCCCCCC)(CCCCCCCCCCCCCCCCC)N6)=C3O)ccc3cccc(c23)N1. The monoisotopic (exact) mass is 1370 g/mol. The molecular formula is C94H154N4O2. The van der Waals surface area contributed by atoms with E-state index >= 15 is 4.79 Å². The van der Waals surface area contributed by atoms with Crippen molar-refractivity contribution < 1.29 is 9.90 Å². The van der Waals surface area contributed by atoms with E-state index in [2.05, 4.69) is 104 Å². The lowest BCUT2D eigenvalue weighted by molar-refractivity contribution is -0.109. The number of aliphatic hydroxyl groups excluding tert-OH is 1. The Morgan fingerprint density at radius 3 is 0.950 bits per heavy atom. The Morgan fingerprint density at radius 2 is 0.610 bits per heavy atom. The van der Waals surface area contributed by atoms with Gasteiger partial charge in [0.1, 0.15) is 17.1 Å². The molecule has 4 aromatic rings. The molecule has 7 rings (SSSR count). The maximum absolute atomic E-state index is 15.5. The van der Waals surface area contributed by atoms with Gasteiger partial charge in [0, 0.05) is 32.9 Å². The lowest BCUT2D eigenvalue weighted by Crippen LogP contribution is -2.48. The van der Waals surface area contributed by atoms with E-state index in [1.165, 1.54) is 360 Å². The standard InChI is InChI=1S/C94H154N4O2/c1-5-9-13-17-21-25-29-33-37-41-45-49-53-57-61-75-93(76-62-58-54-50-46-42-38-34-30-26-22-18-14-10-6-2)95-83-69-65-67-79-71-73-81(89(97-93)85(79)83)87-91(99)88(92(87)100)82-74-72-80-68-66-70-84-86(80)90(82)98-94(96-84,77-63-59-55-51-47-43-39-35-31-27-23-19-15-11-7-3)78-64-60-56-52-48-44-40-36-32-28-24-20-16-12-8-4/h65-74,95-97,99H,5-64,75-78H2,1-4H3/b88-82-. The van der Waals surface area contributed by atoms with Gasteiger partial charge in [-0.15, -0.1) is 0 Å². The third-order valence-corrected chi connectivity index (χ3v) is 23.8. The first-order valence-corrected chi connectivity index (χ1v) is 44.4. The molecule has 3 aliphatic rings. The van der Waals surface area contributed by atoms with Gasteiger partial charge in [0.25, 0.3) is 0 Å². The molecule has 2 heterocycles. The van der Waals surface area contributed by atoms with Gasteiger partial charge in [-0.25, -0.2) is 0 Å². The minimum Gasteiger partial charge on any atom is -0.506 e. The molecule has 0 unspecified atom stereocenters. The minimum absolute atomic E-state index is 0.0708. The molecular weight excluding hydrogens is 1220 g/mol. The van der Waals surface area contributed by atoms with Crippen LogP contribution in [0, 0.1) is 0 Å². The third kappa shape index (κ3) is 29.3. The number of hydrogen-bond acceptors (Lipinski definition) is 6. The molecule has 0 atom stereocenters. The van der Waals surface area contributed by atoms with Gasteiger partial charge in [-0.1, -0.05) is 436 Å². The molecule has 0 bridgehead atoms. The van der Waals surface area contributed by atoms with Crippen LogP contribution in [0.25, 0.3) is 32.7 Å². The number of unbranched alkanes of at least 4 members (excludes halogenated alkanes) is 56. The van der Waals surface area contributed by atoms with Crippen molar-refractivity contribution in [3.63, 3.8) is 0 Å². The Kier molecular flexibility index (Phi) is 42.3. The van der Waals surface area contributed by atoms with Crippen molar-refractivity contribution >= 4 is 55.5 Å². The van der Waals surface area contributed by atoms with Crippen LogP contribution in [0.15, 0.2) is 71.4 Å². The van der Waals surface area contributed by atoms with Crippen LogP contribution < -0.4 is 26.5 Å². The van der Waals surface area contributed by atoms with Gasteiger partial charge < -0.3 is 21.1 Å². The Morgan fingerprint density at radius 1 is 0.310 bits per heavy atom. The first kappa shape index (κ1) is 83.0. The van der Waals surface area contributed by atoms with Crippen molar-refractivity contribution in [2.24, 2.45) is 4.99 Å². The molecule has 6 nitrogen and oxygen atoms in total. The molecule has 4 N–H and O–H groups in total. The quantitative estimate of drug-likeness (QED) is 0.0331. The predicted octanol–water partition coefficient (Wildman–Crippen LogP) is 30.0. The average molecular weight is 1370 g/mol. The summed E-state index contributed by atoms with van der Waals surface area (Å²) < 4.78 is 0. The van der Waals surface area contributed by atoms with Gasteiger partial charge in [-0.2, -0.15) is 0 Å². The van der Waals surface area contributed by atoms with Crippen molar-refractivity contribution in [2.75, 3.05) is 16.0 Å². The zero-order valence-electron chi connectivity index (χ0n) is 65.8. The summed E-state index contributed by atoms with van der Waals surface area (Å²) in [5, 5.41) is 31.5. The van der Waals surface area contributed by atoms with Crippen LogP contribution >= 0.6 is 0 Å². The Hall–Kier alpha value is -4.32. The summed E-state index contributed by atoms with van der Waals surface area (Å²) in [4.78, 5) is 21.4. The molecule has 562 valence electrons. The second-order valence-corrected chi connectivity index (χ2v) is 32.6. The predicted molar refractivity (Wildman–Crippen MR) is 441 cm³/mol. The van der Waals surface area contributed by atoms with Crippen molar-refractivity contribution in [1.82, 2.24) is 0 Å². The summed E-state index contributed by atoms with van der Waals surface area (Å²) in [6.07, 6.45) is 85.2. The molecule has 0 amide bonds. The number of Topliss-reactive ketones (excluding diaryl/α,β-unsaturated/α-hetero) is 1. The van der Waals surface area contributed by atoms with E-state index in [1.807, 2.05) is 0 Å². The van der Waals surface area contributed by atoms with Gasteiger partial charge in [0.15, 0.2) is 0 Å². The second-order valence-electron chi connectivity index (χ2n) is 32.6. The lowest BCUT2D eigenvalue weighted by Gasteiger charge is -2.43. The molecule has 0 radical (unpaired) electrons. The first-order chi connectivity index (χ1) is 49.4. The van der Waals surface area contributed by atoms with Crippen LogP contribution in [0.2, 0.25) is 0 Å². The number of carbonyl (C=O) groups excluding carboxylic acids is 1. The largest absolute Gasteiger partial charge is 0.506 e. The molecule has 0 saturated carbocycles. The molecule has 0 saturated heterocycles. The van der Waals surface area contributed by atoms with Gasteiger partial charge in [-0.3, -0.25) is 9.79 Å². The summed E-state index contributed by atoms with van der Waals surface area (Å²) in [5.41, 5.74) is 4.14. The zero-order chi connectivity index (χ0) is 70.2. The van der Waals surface area contributed by atoms with Crippen molar-refractivity contribution in [3.05, 3.63) is 82.6 Å². The number of carbonyl (C=O) groups is 1. The van der Waals surface area contributed by atoms with E-state index in [0.29, 0.717) is 11.1 Å². The number of benzene rings is 4. The highest BCUT2D eigenvalue weighted by Gasteiger charge is 2.42. The van der Waals surface area contributed by atoms with E-state index in [1.54, 1.807) is 0 Å². The summed E-state index contributed by atoms with van der Waals surface area (Å²) in [7, 11) is 0. The van der Waals surface area contributed by atoms with E-state index in [0.717, 1.165) is 106 Å². The fourth-order valence-electron chi connectivity index (χ4n) is 17.4. The van der Waals surface area contributed by atoms with E-state index in [4.69, 9.17) is 4.99 Å². The molecule has 0 spiro atoms. The number of anilines is 3. The van der Waals surface area contributed by atoms with Crippen molar-refractivity contribution in [2.45, 2.75) is 450 Å². The number of nitrogens with zero attached hydrogens (tertiary/aromatic N) is 1. The highest BCUT2D eigenvalue weighted by Crippen LogP contribution is 2.49. The number of nitrogens with one attached hydrogen (secondary N) is 3. The van der Waals surface area contributed by atoms with Gasteiger partial charge in [0.2, 0.25) is 5.78 Å². The maximum Gasteiger partial charge on any atom is 0.201 e. The lowest BCUT2D eigenvalue weighted by atomic mass is 9.79. The Balaban J connectivity index is 1.05. The highest BCUT2D eigenvalue weighted by atomic mass is 16.3. The van der Waals surface area contributed by atoms with Crippen molar-refractivity contribution in [1.29, 1.82) is 0 Å². The van der Waals surface area contributed by atoms with Gasteiger partial charge in [0.05, 0.1) is 22.2 Å². The molecule has 100 heavy (non-hydrogen) atoms. The highest BCUT2D eigenvalue weighted by molar-refractivity contribution is 6.52. The maximum atomic E-state index is 15.5. The number of aliphatic hydroxyl groups is 1. The topological polar surface area (TPSA) is 85.8 Å². The number of hydrogen-bond donors (Lipinski definition) is 4. The van der Waals surface area contributed by atoms with Crippen LogP contribution in [0.3, 0.4) is 0 Å². The van der Waals surface area contributed by atoms with Crippen LogP contribution in [0.5, 0.6) is 0 Å². The molecule has 6 heteroatoms. The number of allylic oxidation sites excluding steroid dienone is 2. The smallest absolute Gasteiger partial charge is 0.201 e. The zero-order valence-corrected chi connectivity index (χ0v) is 65.8. The van der Waals surface area contributed by atoms with E-state index in [9.17, 15) is 5.11 Å². The van der Waals surface area contributed by atoms with Gasteiger partial charge >= 0.3 is 0 Å². The fourth-order valence-corrected chi connectivity index (χ4v) is 17.4. The normalized spacial score (nSPS) is 15.0. The van der Waals surface area contributed by atoms with Crippen molar-refractivity contribution in [3.8, 4) is 0 Å².